The summed E-state index contributed by atoms with van der Waals surface area (Å²) in [5, 5.41) is 0. The van der Waals surface area contributed by atoms with Gasteiger partial charge in [-0.15, -0.1) is 0 Å². The van der Waals surface area contributed by atoms with E-state index in [2.05, 4.69) is 9.97 Å². The van der Waals surface area contributed by atoms with E-state index in [0.717, 1.165) is 35.4 Å². The average Bonchev–Trinajstić information content (AvgIpc) is 3.14. The number of fused-ring (bicyclic) bond motifs is 1. The maximum Gasteiger partial charge on any atom is 0.244 e. The lowest BCUT2D eigenvalue weighted by molar-refractivity contribution is -0.133. The van der Waals surface area contributed by atoms with Gasteiger partial charge in [0, 0.05) is 31.8 Å². The van der Waals surface area contributed by atoms with E-state index < -0.39 is 6.04 Å². The first-order valence-corrected chi connectivity index (χ1v) is 9.16. The molecule has 0 spiro atoms. The average molecular weight is 362 g/mol. The van der Waals surface area contributed by atoms with Gasteiger partial charge in [0.2, 0.25) is 5.91 Å². The Balaban J connectivity index is 1.41. The second-order valence-corrected chi connectivity index (χ2v) is 6.74. The lowest BCUT2D eigenvalue weighted by atomic mass is 10.0. The van der Waals surface area contributed by atoms with E-state index >= 15 is 0 Å². The lowest BCUT2D eigenvalue weighted by Gasteiger charge is -2.28. The molecule has 0 fully saturated rings. The van der Waals surface area contributed by atoms with Crippen LogP contribution >= 0.6 is 0 Å². The predicted molar refractivity (Wildman–Crippen MR) is 101 cm³/mol. The molecule has 3 heterocycles. The topological polar surface area (TPSA) is 85.3 Å². The predicted octanol–water partition coefficient (Wildman–Crippen LogP) is 2.44. The normalized spacial score (nSPS) is 14.6. The van der Waals surface area contributed by atoms with E-state index in [1.54, 1.807) is 11.1 Å². The summed E-state index contributed by atoms with van der Waals surface area (Å²) in [5.41, 5.74) is 8.99. The summed E-state index contributed by atoms with van der Waals surface area (Å²) >= 11 is 0. The number of aromatic nitrogens is 2. The molecule has 0 bridgehead atoms. The van der Waals surface area contributed by atoms with Gasteiger partial charge in [-0.3, -0.25) is 9.78 Å². The summed E-state index contributed by atoms with van der Waals surface area (Å²) in [6.45, 7) is 1.05. The van der Waals surface area contributed by atoms with Crippen molar-refractivity contribution >= 4 is 5.91 Å². The minimum Gasteiger partial charge on any atom is -0.445 e. The van der Waals surface area contributed by atoms with E-state index in [4.69, 9.17) is 10.2 Å². The van der Waals surface area contributed by atoms with Gasteiger partial charge in [0.1, 0.15) is 17.5 Å². The fourth-order valence-electron chi connectivity index (χ4n) is 3.34. The first-order valence-electron chi connectivity index (χ1n) is 9.16. The third-order valence-corrected chi connectivity index (χ3v) is 4.86. The first kappa shape index (κ1) is 17.4. The highest BCUT2D eigenvalue weighted by atomic mass is 16.4. The Bertz CT molecular complexity index is 908. The van der Waals surface area contributed by atoms with Crippen LogP contribution in [0, 0.1) is 0 Å². The summed E-state index contributed by atoms with van der Waals surface area (Å²) in [5.74, 6) is 1.52. The maximum atomic E-state index is 12.8. The number of hydrogen-bond acceptors (Lipinski definition) is 5. The molecule has 4 rings (SSSR count). The van der Waals surface area contributed by atoms with Crippen LogP contribution in [-0.4, -0.2) is 27.3 Å². The second kappa shape index (κ2) is 7.72. The van der Waals surface area contributed by atoms with Gasteiger partial charge in [0.25, 0.3) is 0 Å². The van der Waals surface area contributed by atoms with Crippen LogP contribution in [0.15, 0.2) is 59.3 Å². The van der Waals surface area contributed by atoms with Gasteiger partial charge in [0.05, 0.1) is 6.54 Å². The third-order valence-electron chi connectivity index (χ3n) is 4.86. The van der Waals surface area contributed by atoms with Crippen LogP contribution in [0.4, 0.5) is 0 Å². The molecule has 1 atom stereocenters. The number of amides is 1. The molecule has 1 amide bonds. The molecule has 6 heteroatoms. The molecule has 138 valence electrons. The fourth-order valence-corrected chi connectivity index (χ4v) is 3.34. The summed E-state index contributed by atoms with van der Waals surface area (Å²) in [6.07, 6.45) is 5.83. The van der Waals surface area contributed by atoms with E-state index in [0.29, 0.717) is 25.4 Å². The minimum absolute atomic E-state index is 0.0771. The maximum absolute atomic E-state index is 12.8. The number of oxazole rings is 1. The van der Waals surface area contributed by atoms with Gasteiger partial charge in [0.15, 0.2) is 5.89 Å². The molecule has 3 aromatic rings. The van der Waals surface area contributed by atoms with Crippen LogP contribution in [0.3, 0.4) is 0 Å². The number of carbonyl (C=O) groups is 1. The Hall–Kier alpha value is -2.99. The fraction of sp³-hybridized carbons (Fsp3) is 0.286. The molecule has 1 aromatic carbocycles. The molecule has 1 aliphatic heterocycles. The number of benzene rings is 1. The molecule has 0 radical (unpaired) electrons. The van der Waals surface area contributed by atoms with E-state index in [9.17, 15) is 4.79 Å². The number of hydrogen-bond donors (Lipinski definition) is 1. The van der Waals surface area contributed by atoms with Gasteiger partial charge < -0.3 is 15.1 Å². The largest absolute Gasteiger partial charge is 0.445 e. The summed E-state index contributed by atoms with van der Waals surface area (Å²) in [4.78, 5) is 23.3. The van der Waals surface area contributed by atoms with Gasteiger partial charge in [-0.1, -0.05) is 36.4 Å². The Labute approximate surface area is 158 Å². The molecule has 0 unspecified atom stereocenters. The zero-order valence-corrected chi connectivity index (χ0v) is 15.0. The van der Waals surface area contributed by atoms with Gasteiger partial charge >= 0.3 is 0 Å². The Morgan fingerprint density at radius 1 is 1.19 bits per heavy atom. The standard InChI is InChI=1S/C21H22N4O2/c22-20(16-6-2-1-3-7-16)21(26)25-12-10-18-17(14-25)24-19(27-18)9-8-15-5-4-11-23-13-15/h1-7,11,13,20H,8-10,12,14,22H2/t20-/m1/s1. The molecular formula is C21H22N4O2. The number of aryl methyl sites for hydroxylation is 2. The van der Waals surface area contributed by atoms with Crippen molar-refractivity contribution in [3.05, 3.63) is 83.3 Å². The zero-order valence-electron chi connectivity index (χ0n) is 15.0. The molecular weight excluding hydrogens is 340 g/mol. The Kier molecular flexibility index (Phi) is 4.98. The highest BCUT2D eigenvalue weighted by molar-refractivity contribution is 5.83. The van der Waals surface area contributed by atoms with E-state index in [1.807, 2.05) is 48.7 Å². The van der Waals surface area contributed by atoms with E-state index in [1.165, 1.54) is 0 Å². The number of nitrogens with zero attached hydrogens (tertiary/aromatic N) is 3. The minimum atomic E-state index is -0.648. The molecule has 1 aliphatic rings. The van der Waals surface area contributed by atoms with Crippen molar-refractivity contribution in [2.45, 2.75) is 31.8 Å². The Morgan fingerprint density at radius 2 is 2.04 bits per heavy atom. The van der Waals surface area contributed by atoms with Gasteiger partial charge in [-0.2, -0.15) is 0 Å². The molecule has 27 heavy (non-hydrogen) atoms. The van der Waals surface area contributed by atoms with Crippen LogP contribution in [0.25, 0.3) is 0 Å². The number of pyridine rings is 1. The molecule has 2 N–H and O–H groups in total. The van der Waals surface area contributed by atoms with Crippen molar-refractivity contribution in [1.29, 1.82) is 0 Å². The molecule has 0 aliphatic carbocycles. The SMILES string of the molecule is N[C@@H](C(=O)N1CCc2oc(CCc3cccnc3)nc2C1)c1ccccc1. The van der Waals surface area contributed by atoms with Crippen LogP contribution in [0.1, 0.15) is 34.5 Å². The van der Waals surface area contributed by atoms with Crippen molar-refractivity contribution in [3.8, 4) is 0 Å². The van der Waals surface area contributed by atoms with E-state index in [-0.39, 0.29) is 5.91 Å². The van der Waals surface area contributed by atoms with Crippen LogP contribution in [0.2, 0.25) is 0 Å². The van der Waals surface area contributed by atoms with Crippen molar-refractivity contribution in [2.24, 2.45) is 5.73 Å². The first-order chi connectivity index (χ1) is 13.2. The van der Waals surface area contributed by atoms with Crippen molar-refractivity contribution in [2.75, 3.05) is 6.54 Å². The number of carbonyl (C=O) groups excluding carboxylic acids is 1. The molecule has 0 saturated carbocycles. The monoisotopic (exact) mass is 362 g/mol. The smallest absolute Gasteiger partial charge is 0.244 e. The molecule has 6 nitrogen and oxygen atoms in total. The zero-order chi connectivity index (χ0) is 18.6. The molecule has 0 saturated heterocycles. The number of rotatable bonds is 5. The Morgan fingerprint density at radius 3 is 2.81 bits per heavy atom. The summed E-state index contributed by atoms with van der Waals surface area (Å²) in [6, 6.07) is 12.8. The summed E-state index contributed by atoms with van der Waals surface area (Å²) in [7, 11) is 0. The van der Waals surface area contributed by atoms with Crippen molar-refractivity contribution in [3.63, 3.8) is 0 Å². The molecule has 2 aromatic heterocycles. The highest BCUT2D eigenvalue weighted by Crippen LogP contribution is 2.23. The quantitative estimate of drug-likeness (QED) is 0.753. The number of nitrogens with two attached hydrogens (primary N) is 1. The van der Waals surface area contributed by atoms with Crippen molar-refractivity contribution in [1.82, 2.24) is 14.9 Å². The van der Waals surface area contributed by atoms with Gasteiger partial charge in [-0.05, 0) is 23.6 Å². The third kappa shape index (κ3) is 3.90. The summed E-state index contributed by atoms with van der Waals surface area (Å²) < 4.78 is 5.90. The lowest BCUT2D eigenvalue weighted by Crippen LogP contribution is -2.41. The van der Waals surface area contributed by atoms with Crippen molar-refractivity contribution < 1.29 is 9.21 Å². The van der Waals surface area contributed by atoms with Crippen LogP contribution in [0.5, 0.6) is 0 Å². The van der Waals surface area contributed by atoms with Crippen LogP contribution < -0.4 is 5.73 Å². The van der Waals surface area contributed by atoms with Gasteiger partial charge in [-0.25, -0.2) is 4.98 Å². The van der Waals surface area contributed by atoms with Crippen LogP contribution in [-0.2, 0) is 30.6 Å². The second-order valence-electron chi connectivity index (χ2n) is 6.74. The highest BCUT2D eigenvalue weighted by Gasteiger charge is 2.28.